The number of halogens is 3. The molecule has 0 bridgehead atoms. The van der Waals surface area contributed by atoms with Crippen LogP contribution >= 0.6 is 0 Å². The van der Waals surface area contributed by atoms with Crippen molar-refractivity contribution in [2.45, 2.75) is 43.9 Å². The second kappa shape index (κ2) is 6.75. The van der Waals surface area contributed by atoms with Gasteiger partial charge >= 0.3 is 6.18 Å². The van der Waals surface area contributed by atoms with Crippen LogP contribution in [0.4, 0.5) is 13.2 Å². The smallest absolute Gasteiger partial charge is 0.329 e. The topological polar surface area (TPSA) is 90.0 Å². The molecule has 0 amide bonds. The van der Waals surface area contributed by atoms with Crippen LogP contribution in [0.2, 0.25) is 0 Å². The van der Waals surface area contributed by atoms with Crippen molar-refractivity contribution < 1.29 is 21.6 Å². The molecule has 10 heteroatoms. The Morgan fingerprint density at radius 1 is 1.43 bits per heavy atom. The van der Waals surface area contributed by atoms with Crippen LogP contribution in [0.15, 0.2) is 17.3 Å². The minimum atomic E-state index is -4.46. The number of nitrogens with zero attached hydrogens (tertiary/aromatic N) is 2. The molecule has 1 aromatic heterocycles. The molecule has 0 spiro atoms. The van der Waals surface area contributed by atoms with Crippen LogP contribution in [0.5, 0.6) is 0 Å². The molecule has 0 radical (unpaired) electrons. The van der Waals surface area contributed by atoms with Gasteiger partial charge < -0.3 is 5.73 Å². The molecule has 0 aromatic carbocycles. The Hall–Kier alpha value is -1.13. The van der Waals surface area contributed by atoms with Crippen LogP contribution in [0.3, 0.4) is 0 Å². The Kier molecular flexibility index (Phi) is 5.76. The molecule has 1 aromatic rings. The lowest BCUT2D eigenvalue weighted by atomic mass is 10.1. The highest BCUT2D eigenvalue weighted by Crippen LogP contribution is 2.18. The Bertz CT molecular complexity index is 554. The summed E-state index contributed by atoms with van der Waals surface area (Å²) in [7, 11) is -3.93. The summed E-state index contributed by atoms with van der Waals surface area (Å²) in [6, 6.07) is -0.471. The fourth-order valence-electron chi connectivity index (χ4n) is 1.80. The van der Waals surface area contributed by atoms with E-state index >= 15 is 0 Å². The standard InChI is InChI=1S/C11H19F3N4O2S/c1-8(2)3-9(4-15)17-21(19,20)10-5-16-18(6-10)7-11(12,13)14/h5-6,8-9,17H,3-4,7,15H2,1-2H3. The largest absolute Gasteiger partial charge is 0.408 e. The molecule has 0 aliphatic heterocycles. The van der Waals surface area contributed by atoms with E-state index in [1.54, 1.807) is 0 Å². The van der Waals surface area contributed by atoms with Crippen LogP contribution in [-0.2, 0) is 16.6 Å². The predicted molar refractivity (Wildman–Crippen MR) is 70.9 cm³/mol. The molecule has 0 aliphatic rings. The summed E-state index contributed by atoms with van der Waals surface area (Å²) in [4.78, 5) is -0.311. The van der Waals surface area contributed by atoms with Gasteiger partial charge in [-0.3, -0.25) is 4.68 Å². The number of aromatic nitrogens is 2. The van der Waals surface area contributed by atoms with Crippen LogP contribution in [0.1, 0.15) is 20.3 Å². The molecule has 1 heterocycles. The highest BCUT2D eigenvalue weighted by Gasteiger charge is 2.29. The Morgan fingerprint density at radius 3 is 2.52 bits per heavy atom. The third-order valence-corrected chi connectivity index (χ3v) is 4.10. The highest BCUT2D eigenvalue weighted by atomic mass is 32.2. The van der Waals surface area contributed by atoms with Crippen molar-refractivity contribution >= 4 is 10.0 Å². The minimum Gasteiger partial charge on any atom is -0.329 e. The first-order valence-corrected chi connectivity index (χ1v) is 7.83. The van der Waals surface area contributed by atoms with Crippen LogP contribution in [0, 0.1) is 5.92 Å². The zero-order valence-corrected chi connectivity index (χ0v) is 12.6. The van der Waals surface area contributed by atoms with Gasteiger partial charge in [-0.1, -0.05) is 13.8 Å². The van der Waals surface area contributed by atoms with Gasteiger partial charge in [-0.2, -0.15) is 18.3 Å². The molecule has 0 saturated carbocycles. The van der Waals surface area contributed by atoms with Gasteiger partial charge in [-0.25, -0.2) is 13.1 Å². The molecule has 0 saturated heterocycles. The Balaban J connectivity index is 2.83. The normalized spacial score (nSPS) is 14.6. The van der Waals surface area contributed by atoms with E-state index in [1.165, 1.54) is 0 Å². The van der Waals surface area contributed by atoms with Crippen molar-refractivity contribution in [2.24, 2.45) is 11.7 Å². The van der Waals surface area contributed by atoms with Crippen molar-refractivity contribution in [3.63, 3.8) is 0 Å². The van der Waals surface area contributed by atoms with E-state index < -0.39 is 28.8 Å². The summed E-state index contributed by atoms with van der Waals surface area (Å²) in [5.41, 5.74) is 5.50. The first-order chi connectivity index (χ1) is 9.53. The maximum absolute atomic E-state index is 12.2. The molecule has 122 valence electrons. The zero-order valence-electron chi connectivity index (χ0n) is 11.8. The molecule has 1 rings (SSSR count). The van der Waals surface area contributed by atoms with Crippen molar-refractivity contribution in [3.8, 4) is 0 Å². The summed E-state index contributed by atoms with van der Waals surface area (Å²) >= 11 is 0. The van der Waals surface area contributed by atoms with Gasteiger partial charge in [0.25, 0.3) is 0 Å². The molecule has 0 fully saturated rings. The molecular weight excluding hydrogens is 309 g/mol. The maximum atomic E-state index is 12.2. The van der Waals surface area contributed by atoms with Crippen molar-refractivity contribution in [2.75, 3.05) is 6.54 Å². The summed E-state index contributed by atoms with van der Waals surface area (Å²) in [6.45, 7) is 2.60. The van der Waals surface area contributed by atoms with Gasteiger partial charge in [0, 0.05) is 18.8 Å². The average Bonchev–Trinajstić information content (AvgIpc) is 2.73. The number of hydrogen-bond donors (Lipinski definition) is 2. The summed E-state index contributed by atoms with van der Waals surface area (Å²) in [5, 5.41) is 3.41. The first kappa shape index (κ1) is 17.9. The molecule has 0 aliphatic carbocycles. The maximum Gasteiger partial charge on any atom is 0.408 e. The molecule has 1 unspecified atom stereocenters. The average molecular weight is 328 g/mol. The van der Waals surface area contributed by atoms with Crippen molar-refractivity contribution in [1.82, 2.24) is 14.5 Å². The van der Waals surface area contributed by atoms with Gasteiger partial charge in [0.15, 0.2) is 0 Å². The van der Waals surface area contributed by atoms with E-state index in [4.69, 9.17) is 5.73 Å². The van der Waals surface area contributed by atoms with E-state index in [9.17, 15) is 21.6 Å². The number of nitrogens with two attached hydrogens (primary N) is 1. The van der Waals surface area contributed by atoms with Crippen LogP contribution < -0.4 is 10.5 Å². The fraction of sp³-hybridized carbons (Fsp3) is 0.727. The fourth-order valence-corrected chi connectivity index (χ4v) is 3.02. The predicted octanol–water partition coefficient (Wildman–Crippen LogP) is 1.10. The summed E-state index contributed by atoms with van der Waals surface area (Å²) < 4.78 is 63.7. The number of sulfonamides is 1. The van der Waals surface area contributed by atoms with E-state index in [0.717, 1.165) is 12.4 Å². The lowest BCUT2D eigenvalue weighted by molar-refractivity contribution is -0.142. The lowest BCUT2D eigenvalue weighted by Gasteiger charge is -2.18. The SMILES string of the molecule is CC(C)CC(CN)NS(=O)(=O)c1cnn(CC(F)(F)F)c1. The second-order valence-electron chi connectivity index (χ2n) is 5.17. The molecule has 21 heavy (non-hydrogen) atoms. The monoisotopic (exact) mass is 328 g/mol. The van der Waals surface area contributed by atoms with Gasteiger partial charge in [0.05, 0.1) is 6.20 Å². The Morgan fingerprint density at radius 2 is 2.05 bits per heavy atom. The quantitative estimate of drug-likeness (QED) is 0.784. The third-order valence-electron chi connectivity index (χ3n) is 2.62. The van der Waals surface area contributed by atoms with Gasteiger partial charge in [0.2, 0.25) is 10.0 Å². The van der Waals surface area contributed by atoms with Gasteiger partial charge in [-0.15, -0.1) is 0 Å². The van der Waals surface area contributed by atoms with E-state index in [1.807, 2.05) is 13.8 Å². The van der Waals surface area contributed by atoms with Crippen molar-refractivity contribution in [1.29, 1.82) is 0 Å². The Labute approximate surface area is 121 Å². The number of alkyl halides is 3. The highest BCUT2D eigenvalue weighted by molar-refractivity contribution is 7.89. The van der Waals surface area contributed by atoms with Crippen LogP contribution in [0.25, 0.3) is 0 Å². The molecule has 3 N–H and O–H groups in total. The molecule has 6 nitrogen and oxygen atoms in total. The second-order valence-corrected chi connectivity index (χ2v) is 6.89. The summed E-state index contributed by atoms with van der Waals surface area (Å²) in [6.07, 6.45) is -2.19. The molecule has 1 atom stereocenters. The van der Waals surface area contributed by atoms with Crippen LogP contribution in [-0.4, -0.2) is 37.0 Å². The van der Waals surface area contributed by atoms with E-state index in [0.29, 0.717) is 11.1 Å². The first-order valence-electron chi connectivity index (χ1n) is 6.35. The van der Waals surface area contributed by atoms with Gasteiger partial charge in [0.1, 0.15) is 11.4 Å². The molecular formula is C11H19F3N4O2S. The zero-order chi connectivity index (χ0) is 16.3. The number of hydrogen-bond acceptors (Lipinski definition) is 4. The minimum absolute atomic E-state index is 0.105. The van der Waals surface area contributed by atoms with E-state index in [2.05, 4.69) is 9.82 Å². The summed E-state index contributed by atoms with van der Waals surface area (Å²) in [5.74, 6) is 0.231. The van der Waals surface area contributed by atoms with Gasteiger partial charge in [-0.05, 0) is 12.3 Å². The third kappa shape index (κ3) is 6.02. The number of rotatable bonds is 7. The lowest BCUT2D eigenvalue weighted by Crippen LogP contribution is -2.40. The van der Waals surface area contributed by atoms with E-state index in [-0.39, 0.29) is 17.4 Å². The van der Waals surface area contributed by atoms with Crippen molar-refractivity contribution in [3.05, 3.63) is 12.4 Å². The number of nitrogens with one attached hydrogen (secondary N) is 1.